The number of rotatable bonds is 8. The van der Waals surface area contributed by atoms with Crippen molar-refractivity contribution in [3.05, 3.63) is 66.2 Å². The molecule has 1 unspecified atom stereocenters. The summed E-state index contributed by atoms with van der Waals surface area (Å²) >= 11 is 0. The van der Waals surface area contributed by atoms with E-state index in [1.165, 1.54) is 11.7 Å². The standard InChI is InChI=1S/C21H22N4O5/c1-14(2)20(27)29-12-11-22-21(28)30-19(13-26)15-7-3-6-10-18(15)25-23-16-8-4-5-9-17(16)24-25/h3-10,19,26H,1,11-13H2,2H3,(H,22,28). The second-order valence-electron chi connectivity index (χ2n) is 6.46. The van der Waals surface area contributed by atoms with E-state index in [1.54, 1.807) is 24.3 Å². The summed E-state index contributed by atoms with van der Waals surface area (Å²) < 4.78 is 10.2. The number of benzene rings is 2. The molecule has 2 N–H and O–H groups in total. The number of alkyl carbamates (subject to hydrolysis) is 1. The van der Waals surface area contributed by atoms with Crippen molar-refractivity contribution < 1.29 is 24.2 Å². The number of ether oxygens (including phenoxy) is 2. The summed E-state index contributed by atoms with van der Waals surface area (Å²) in [5.41, 5.74) is 2.83. The minimum absolute atomic E-state index is 0.0228. The highest BCUT2D eigenvalue weighted by Crippen LogP contribution is 2.24. The van der Waals surface area contributed by atoms with Gasteiger partial charge in [0.15, 0.2) is 6.10 Å². The monoisotopic (exact) mass is 410 g/mol. The van der Waals surface area contributed by atoms with E-state index < -0.39 is 24.8 Å². The predicted molar refractivity (Wildman–Crippen MR) is 109 cm³/mol. The Bertz CT molecular complexity index is 1030. The van der Waals surface area contributed by atoms with Crippen LogP contribution in [0.25, 0.3) is 16.7 Å². The molecule has 1 aromatic heterocycles. The van der Waals surface area contributed by atoms with E-state index in [4.69, 9.17) is 9.47 Å². The van der Waals surface area contributed by atoms with Crippen LogP contribution < -0.4 is 5.32 Å². The number of nitrogens with zero attached hydrogens (tertiary/aromatic N) is 3. The Morgan fingerprint density at radius 3 is 2.40 bits per heavy atom. The molecular formula is C21H22N4O5. The minimum atomic E-state index is -0.937. The number of hydrogen-bond donors (Lipinski definition) is 2. The number of amides is 1. The molecule has 0 aliphatic rings. The molecule has 30 heavy (non-hydrogen) atoms. The molecule has 0 spiro atoms. The van der Waals surface area contributed by atoms with Crippen molar-refractivity contribution in [3.8, 4) is 5.69 Å². The first-order chi connectivity index (χ1) is 14.5. The number of nitrogens with one attached hydrogen (secondary N) is 1. The molecule has 3 aromatic rings. The van der Waals surface area contributed by atoms with Crippen molar-refractivity contribution in [2.24, 2.45) is 0 Å². The van der Waals surface area contributed by atoms with Gasteiger partial charge in [0.05, 0.1) is 18.8 Å². The molecule has 0 aliphatic heterocycles. The van der Waals surface area contributed by atoms with Crippen LogP contribution in [0.4, 0.5) is 4.79 Å². The number of aromatic nitrogens is 3. The number of esters is 1. The van der Waals surface area contributed by atoms with Crippen molar-refractivity contribution in [1.29, 1.82) is 0 Å². The second kappa shape index (κ2) is 9.66. The maximum Gasteiger partial charge on any atom is 0.407 e. The average molecular weight is 410 g/mol. The van der Waals surface area contributed by atoms with E-state index in [-0.39, 0.29) is 18.7 Å². The quantitative estimate of drug-likeness (QED) is 0.333. The van der Waals surface area contributed by atoms with E-state index in [2.05, 4.69) is 22.1 Å². The van der Waals surface area contributed by atoms with E-state index in [0.29, 0.717) is 11.3 Å². The number of hydrogen-bond acceptors (Lipinski definition) is 7. The van der Waals surface area contributed by atoms with Crippen LogP contribution in [0.2, 0.25) is 0 Å². The fourth-order valence-electron chi connectivity index (χ4n) is 2.70. The van der Waals surface area contributed by atoms with Gasteiger partial charge in [0.2, 0.25) is 0 Å². The summed E-state index contributed by atoms with van der Waals surface area (Å²) in [6, 6.07) is 14.5. The van der Waals surface area contributed by atoms with E-state index in [0.717, 1.165) is 11.0 Å². The van der Waals surface area contributed by atoms with Gasteiger partial charge in [-0.15, -0.1) is 15.0 Å². The van der Waals surface area contributed by atoms with Crippen LogP contribution in [-0.2, 0) is 14.3 Å². The zero-order valence-corrected chi connectivity index (χ0v) is 16.4. The van der Waals surface area contributed by atoms with Crippen LogP contribution in [0.5, 0.6) is 0 Å². The van der Waals surface area contributed by atoms with E-state index in [9.17, 15) is 14.7 Å². The molecular weight excluding hydrogens is 388 g/mol. The summed E-state index contributed by atoms with van der Waals surface area (Å²) in [6.45, 7) is 4.61. The van der Waals surface area contributed by atoms with Gasteiger partial charge in [0.1, 0.15) is 17.6 Å². The average Bonchev–Trinajstić information content (AvgIpc) is 3.19. The third-order valence-corrected chi connectivity index (χ3v) is 4.15. The number of carbonyl (C=O) groups is 2. The van der Waals surface area contributed by atoms with Gasteiger partial charge in [-0.25, -0.2) is 9.59 Å². The maximum absolute atomic E-state index is 12.1. The van der Waals surface area contributed by atoms with Crippen molar-refractivity contribution in [2.75, 3.05) is 19.8 Å². The van der Waals surface area contributed by atoms with Crippen molar-refractivity contribution in [1.82, 2.24) is 20.3 Å². The SMILES string of the molecule is C=C(C)C(=O)OCCNC(=O)OC(CO)c1ccccc1-n1nc2ccccc2n1. The number of carbonyl (C=O) groups excluding carboxylic acids is 2. The van der Waals surface area contributed by atoms with Gasteiger partial charge in [-0.1, -0.05) is 36.9 Å². The van der Waals surface area contributed by atoms with Crippen LogP contribution in [0.3, 0.4) is 0 Å². The Kier molecular flexibility index (Phi) is 6.76. The molecule has 2 aromatic carbocycles. The molecule has 0 fully saturated rings. The Labute approximate surface area is 172 Å². The highest BCUT2D eigenvalue weighted by Gasteiger charge is 2.21. The molecule has 0 saturated carbocycles. The fourth-order valence-corrected chi connectivity index (χ4v) is 2.70. The van der Waals surface area contributed by atoms with Crippen molar-refractivity contribution >= 4 is 23.1 Å². The molecule has 0 aliphatic carbocycles. The highest BCUT2D eigenvalue weighted by molar-refractivity contribution is 5.86. The summed E-state index contributed by atoms with van der Waals surface area (Å²) in [5, 5.41) is 21.2. The van der Waals surface area contributed by atoms with Crippen LogP contribution in [-0.4, -0.2) is 51.9 Å². The van der Waals surface area contributed by atoms with Crippen LogP contribution >= 0.6 is 0 Å². The molecule has 1 atom stereocenters. The van der Waals surface area contributed by atoms with Crippen molar-refractivity contribution in [2.45, 2.75) is 13.0 Å². The Hall–Kier alpha value is -3.72. The number of fused-ring (bicyclic) bond motifs is 1. The van der Waals surface area contributed by atoms with E-state index >= 15 is 0 Å². The van der Waals surface area contributed by atoms with Crippen LogP contribution in [0, 0.1) is 0 Å². The molecule has 9 nitrogen and oxygen atoms in total. The number of para-hydroxylation sites is 1. The highest BCUT2D eigenvalue weighted by atomic mass is 16.6. The minimum Gasteiger partial charge on any atom is -0.460 e. The van der Waals surface area contributed by atoms with Gasteiger partial charge in [-0.2, -0.15) is 0 Å². The van der Waals surface area contributed by atoms with Gasteiger partial charge < -0.3 is 19.9 Å². The Balaban J connectivity index is 1.69. The maximum atomic E-state index is 12.1. The molecule has 9 heteroatoms. The first kappa shape index (κ1) is 21.0. The first-order valence-corrected chi connectivity index (χ1v) is 9.29. The summed E-state index contributed by atoms with van der Waals surface area (Å²) in [6.07, 6.45) is -1.69. The third-order valence-electron chi connectivity index (χ3n) is 4.15. The van der Waals surface area contributed by atoms with Crippen LogP contribution in [0.1, 0.15) is 18.6 Å². The summed E-state index contributed by atoms with van der Waals surface area (Å²) in [5.74, 6) is -0.536. The Morgan fingerprint density at radius 1 is 1.13 bits per heavy atom. The van der Waals surface area contributed by atoms with Gasteiger partial charge >= 0.3 is 12.1 Å². The van der Waals surface area contributed by atoms with Gasteiger partial charge in [-0.3, -0.25) is 0 Å². The normalized spacial score (nSPS) is 11.7. The fraction of sp³-hybridized carbons (Fsp3) is 0.238. The predicted octanol–water partition coefficient (Wildman–Crippen LogP) is 2.30. The zero-order chi connectivity index (χ0) is 21.5. The molecule has 3 rings (SSSR count). The molecule has 0 bridgehead atoms. The molecule has 1 amide bonds. The first-order valence-electron chi connectivity index (χ1n) is 9.29. The summed E-state index contributed by atoms with van der Waals surface area (Å²) in [4.78, 5) is 24.9. The lowest BCUT2D eigenvalue weighted by Crippen LogP contribution is -2.31. The van der Waals surface area contributed by atoms with Gasteiger partial charge in [0, 0.05) is 11.1 Å². The lowest BCUT2D eigenvalue weighted by atomic mass is 10.1. The second-order valence-corrected chi connectivity index (χ2v) is 6.46. The van der Waals surface area contributed by atoms with Crippen LogP contribution in [0.15, 0.2) is 60.7 Å². The van der Waals surface area contributed by atoms with E-state index in [1.807, 2.05) is 24.3 Å². The molecule has 0 radical (unpaired) electrons. The number of aliphatic hydroxyl groups is 1. The largest absolute Gasteiger partial charge is 0.460 e. The molecule has 1 heterocycles. The van der Waals surface area contributed by atoms with Gasteiger partial charge in [-0.05, 0) is 25.1 Å². The lowest BCUT2D eigenvalue weighted by Gasteiger charge is -2.19. The molecule has 156 valence electrons. The van der Waals surface area contributed by atoms with Crippen molar-refractivity contribution in [3.63, 3.8) is 0 Å². The topological polar surface area (TPSA) is 116 Å². The third kappa shape index (κ3) is 5.00. The summed E-state index contributed by atoms with van der Waals surface area (Å²) in [7, 11) is 0. The smallest absolute Gasteiger partial charge is 0.407 e. The number of aliphatic hydroxyl groups excluding tert-OH is 1. The Morgan fingerprint density at radius 2 is 1.77 bits per heavy atom. The lowest BCUT2D eigenvalue weighted by molar-refractivity contribution is -0.138. The molecule has 0 saturated heterocycles. The van der Waals surface area contributed by atoms with Gasteiger partial charge in [0.25, 0.3) is 0 Å². The zero-order valence-electron chi connectivity index (χ0n) is 16.4.